The van der Waals surface area contributed by atoms with Gasteiger partial charge in [0.15, 0.2) is 5.75 Å². The Morgan fingerprint density at radius 1 is 1.33 bits per heavy atom. The third kappa shape index (κ3) is 5.42. The number of aliphatic carboxylic acids is 1. The quantitative estimate of drug-likeness (QED) is 0.775. The fourth-order valence-corrected chi connectivity index (χ4v) is 1.29. The normalized spacial score (nSPS) is 11.1. The zero-order chi connectivity index (χ0) is 13.6. The van der Waals surface area contributed by atoms with E-state index in [1.807, 2.05) is 0 Å². The number of para-hydroxylation sites is 2. The maximum absolute atomic E-state index is 12.1. The van der Waals surface area contributed by atoms with E-state index in [4.69, 9.17) is 5.11 Å². The summed E-state index contributed by atoms with van der Waals surface area (Å²) in [4.78, 5) is 10.3. The number of anilines is 1. The lowest BCUT2D eigenvalue weighted by atomic mass is 10.2. The molecule has 0 aliphatic carbocycles. The molecule has 4 nitrogen and oxygen atoms in total. The Morgan fingerprint density at radius 3 is 2.61 bits per heavy atom. The third-order valence-electron chi connectivity index (χ3n) is 2.00. The maximum Gasteiger partial charge on any atom is 0.573 e. The summed E-state index contributed by atoms with van der Waals surface area (Å²) in [6.07, 6.45) is -4.48. The number of ether oxygens (including phenoxy) is 1. The van der Waals surface area contributed by atoms with E-state index >= 15 is 0 Å². The number of halogens is 3. The molecule has 0 amide bonds. The number of carboxylic acids is 1. The molecule has 0 aromatic heterocycles. The summed E-state index contributed by atoms with van der Waals surface area (Å²) < 4.78 is 40.1. The number of hydrogen-bond donors (Lipinski definition) is 2. The van der Waals surface area contributed by atoms with Crippen molar-refractivity contribution in [2.24, 2.45) is 0 Å². The van der Waals surface area contributed by atoms with Crippen LogP contribution in [-0.4, -0.2) is 24.0 Å². The van der Waals surface area contributed by atoms with Gasteiger partial charge in [-0.3, -0.25) is 4.79 Å². The van der Waals surface area contributed by atoms with Gasteiger partial charge in [0.05, 0.1) is 5.69 Å². The molecule has 7 heteroatoms. The van der Waals surface area contributed by atoms with Gasteiger partial charge in [-0.2, -0.15) is 0 Å². The fourth-order valence-electron chi connectivity index (χ4n) is 1.29. The molecule has 0 fully saturated rings. The summed E-state index contributed by atoms with van der Waals surface area (Å²) in [5.41, 5.74) is 0.181. The number of benzene rings is 1. The van der Waals surface area contributed by atoms with Crippen molar-refractivity contribution < 1.29 is 27.8 Å². The molecular formula is C11H12F3NO3. The topological polar surface area (TPSA) is 58.6 Å². The van der Waals surface area contributed by atoms with E-state index in [0.717, 1.165) is 0 Å². The summed E-state index contributed by atoms with van der Waals surface area (Å²) in [6, 6.07) is 5.60. The molecule has 0 saturated carbocycles. The van der Waals surface area contributed by atoms with Crippen LogP contribution in [0.15, 0.2) is 24.3 Å². The number of rotatable bonds is 6. The average Bonchev–Trinajstić information content (AvgIpc) is 2.24. The molecule has 1 rings (SSSR count). The van der Waals surface area contributed by atoms with Crippen molar-refractivity contribution in [2.45, 2.75) is 19.2 Å². The van der Waals surface area contributed by atoms with Gasteiger partial charge in [0, 0.05) is 13.0 Å². The molecule has 100 valence electrons. The molecule has 0 heterocycles. The van der Waals surface area contributed by atoms with Gasteiger partial charge in [0.25, 0.3) is 0 Å². The largest absolute Gasteiger partial charge is 0.573 e. The lowest BCUT2D eigenvalue weighted by Gasteiger charge is -2.14. The van der Waals surface area contributed by atoms with Crippen LogP contribution in [0.3, 0.4) is 0 Å². The van der Waals surface area contributed by atoms with Crippen LogP contribution in [0.4, 0.5) is 18.9 Å². The lowest BCUT2D eigenvalue weighted by molar-refractivity contribution is -0.274. The summed E-state index contributed by atoms with van der Waals surface area (Å²) in [7, 11) is 0. The predicted octanol–water partition coefficient (Wildman–Crippen LogP) is 2.86. The van der Waals surface area contributed by atoms with Crippen molar-refractivity contribution in [3.05, 3.63) is 24.3 Å². The second-order valence-electron chi connectivity index (χ2n) is 3.47. The van der Waals surface area contributed by atoms with Gasteiger partial charge in [-0.25, -0.2) is 0 Å². The van der Waals surface area contributed by atoms with E-state index in [9.17, 15) is 18.0 Å². The molecule has 0 spiro atoms. The van der Waals surface area contributed by atoms with Gasteiger partial charge in [0.1, 0.15) is 0 Å². The Bertz CT molecular complexity index is 407. The fraction of sp³-hybridized carbons (Fsp3) is 0.364. The highest BCUT2D eigenvalue weighted by atomic mass is 19.4. The van der Waals surface area contributed by atoms with Gasteiger partial charge in [-0.15, -0.1) is 13.2 Å². The van der Waals surface area contributed by atoms with Crippen LogP contribution < -0.4 is 10.1 Å². The molecule has 1 aromatic carbocycles. The molecular weight excluding hydrogens is 251 g/mol. The summed E-state index contributed by atoms with van der Waals surface area (Å²) in [5.74, 6) is -1.28. The van der Waals surface area contributed by atoms with E-state index in [0.29, 0.717) is 6.42 Å². The monoisotopic (exact) mass is 263 g/mol. The van der Waals surface area contributed by atoms with E-state index in [1.165, 1.54) is 18.2 Å². The van der Waals surface area contributed by atoms with E-state index in [1.54, 1.807) is 6.07 Å². The number of nitrogens with one attached hydrogen (secondary N) is 1. The first-order chi connectivity index (χ1) is 8.38. The minimum absolute atomic E-state index is 0.0463. The molecule has 0 radical (unpaired) electrons. The first-order valence-electron chi connectivity index (χ1n) is 5.19. The van der Waals surface area contributed by atoms with E-state index in [-0.39, 0.29) is 24.4 Å². The van der Waals surface area contributed by atoms with Crippen LogP contribution in [0.25, 0.3) is 0 Å². The van der Waals surface area contributed by atoms with Gasteiger partial charge in [0.2, 0.25) is 0 Å². The Labute approximate surface area is 101 Å². The second-order valence-corrected chi connectivity index (χ2v) is 3.47. The summed E-state index contributed by atoms with van der Waals surface area (Å²) >= 11 is 0. The molecule has 0 saturated heterocycles. The van der Waals surface area contributed by atoms with Crippen LogP contribution in [-0.2, 0) is 4.79 Å². The highest BCUT2D eigenvalue weighted by Crippen LogP contribution is 2.29. The van der Waals surface area contributed by atoms with Gasteiger partial charge >= 0.3 is 12.3 Å². The number of carbonyl (C=O) groups is 1. The SMILES string of the molecule is O=C(O)CCCNc1ccccc1OC(F)(F)F. The predicted molar refractivity (Wildman–Crippen MR) is 58.5 cm³/mol. The van der Waals surface area contributed by atoms with E-state index in [2.05, 4.69) is 10.1 Å². The first kappa shape index (κ1) is 14.1. The Balaban J connectivity index is 2.56. The number of carboxylic acid groups (broad SMARTS) is 1. The van der Waals surface area contributed by atoms with Crippen molar-refractivity contribution in [1.29, 1.82) is 0 Å². The van der Waals surface area contributed by atoms with Crippen LogP contribution in [0, 0.1) is 0 Å². The van der Waals surface area contributed by atoms with Crippen molar-refractivity contribution in [1.82, 2.24) is 0 Å². The van der Waals surface area contributed by atoms with Gasteiger partial charge < -0.3 is 15.2 Å². The maximum atomic E-state index is 12.1. The van der Waals surface area contributed by atoms with Crippen molar-refractivity contribution in [3.8, 4) is 5.75 Å². The Kier molecular flexibility index (Phi) is 4.82. The lowest BCUT2D eigenvalue weighted by Crippen LogP contribution is -2.18. The Morgan fingerprint density at radius 2 is 2.00 bits per heavy atom. The van der Waals surface area contributed by atoms with Gasteiger partial charge in [-0.05, 0) is 18.6 Å². The van der Waals surface area contributed by atoms with Crippen molar-refractivity contribution in [3.63, 3.8) is 0 Å². The van der Waals surface area contributed by atoms with Crippen LogP contribution in [0.2, 0.25) is 0 Å². The molecule has 1 aromatic rings. The second kappa shape index (κ2) is 6.13. The standard InChI is InChI=1S/C11H12F3NO3/c12-11(13,14)18-9-5-2-1-4-8(9)15-7-3-6-10(16)17/h1-2,4-5,15H,3,6-7H2,(H,16,17). The Hall–Kier alpha value is -1.92. The minimum Gasteiger partial charge on any atom is -0.481 e. The summed E-state index contributed by atoms with van der Waals surface area (Å²) in [6.45, 7) is 0.254. The van der Waals surface area contributed by atoms with E-state index < -0.39 is 12.3 Å². The zero-order valence-electron chi connectivity index (χ0n) is 9.33. The molecule has 0 bridgehead atoms. The number of alkyl halides is 3. The highest BCUT2D eigenvalue weighted by Gasteiger charge is 2.31. The third-order valence-corrected chi connectivity index (χ3v) is 2.00. The smallest absolute Gasteiger partial charge is 0.481 e. The van der Waals surface area contributed by atoms with Crippen LogP contribution in [0.1, 0.15) is 12.8 Å². The minimum atomic E-state index is -4.75. The number of hydrogen-bond acceptors (Lipinski definition) is 3. The first-order valence-corrected chi connectivity index (χ1v) is 5.19. The zero-order valence-corrected chi connectivity index (χ0v) is 9.33. The van der Waals surface area contributed by atoms with Crippen LogP contribution in [0.5, 0.6) is 5.75 Å². The highest BCUT2D eigenvalue weighted by molar-refractivity contribution is 5.66. The van der Waals surface area contributed by atoms with Crippen molar-refractivity contribution in [2.75, 3.05) is 11.9 Å². The summed E-state index contributed by atoms with van der Waals surface area (Å²) in [5, 5.41) is 11.1. The van der Waals surface area contributed by atoms with Gasteiger partial charge in [-0.1, -0.05) is 12.1 Å². The molecule has 0 aliphatic heterocycles. The van der Waals surface area contributed by atoms with Crippen LogP contribution >= 0.6 is 0 Å². The van der Waals surface area contributed by atoms with Crippen molar-refractivity contribution >= 4 is 11.7 Å². The average molecular weight is 263 g/mol. The molecule has 0 atom stereocenters. The molecule has 0 unspecified atom stereocenters. The molecule has 18 heavy (non-hydrogen) atoms. The molecule has 2 N–H and O–H groups in total. The molecule has 0 aliphatic rings.